The summed E-state index contributed by atoms with van der Waals surface area (Å²) < 4.78 is 0. The summed E-state index contributed by atoms with van der Waals surface area (Å²) in [7, 11) is 0. The van der Waals surface area contributed by atoms with Crippen LogP contribution in [-0.4, -0.2) is 35.2 Å². The van der Waals surface area contributed by atoms with E-state index in [9.17, 15) is 5.11 Å². The molecule has 1 fully saturated rings. The zero-order valence-electron chi connectivity index (χ0n) is 9.16. The molecule has 0 saturated carbocycles. The van der Waals surface area contributed by atoms with Gasteiger partial charge in [0.05, 0.1) is 6.10 Å². The van der Waals surface area contributed by atoms with Crippen LogP contribution in [0.25, 0.3) is 0 Å². The van der Waals surface area contributed by atoms with E-state index in [0.717, 1.165) is 19.4 Å². The van der Waals surface area contributed by atoms with Crippen LogP contribution in [0.15, 0.2) is 0 Å². The molecule has 2 nitrogen and oxygen atoms in total. The molecule has 2 heteroatoms. The zero-order valence-corrected chi connectivity index (χ0v) is 9.16. The molecule has 2 atom stereocenters. The summed E-state index contributed by atoms with van der Waals surface area (Å²) in [5.74, 6) is 0.493. The summed E-state index contributed by atoms with van der Waals surface area (Å²) in [6.45, 7) is 8.63. The van der Waals surface area contributed by atoms with Crippen molar-refractivity contribution in [1.82, 2.24) is 4.90 Å². The van der Waals surface area contributed by atoms with E-state index in [2.05, 4.69) is 25.7 Å². The van der Waals surface area contributed by atoms with E-state index in [4.69, 9.17) is 0 Å². The number of hydrogen-bond donors (Lipinski definition) is 1. The van der Waals surface area contributed by atoms with Crippen molar-refractivity contribution >= 4 is 0 Å². The van der Waals surface area contributed by atoms with Crippen LogP contribution < -0.4 is 0 Å². The molecule has 0 aromatic carbocycles. The third-order valence-electron chi connectivity index (χ3n) is 3.47. The Morgan fingerprint density at radius 1 is 1.38 bits per heavy atom. The summed E-state index contributed by atoms with van der Waals surface area (Å²) >= 11 is 0. The van der Waals surface area contributed by atoms with Crippen molar-refractivity contribution in [1.29, 1.82) is 0 Å². The third-order valence-corrected chi connectivity index (χ3v) is 3.47. The molecule has 1 aliphatic heterocycles. The smallest absolute Gasteiger partial charge is 0.0695 e. The van der Waals surface area contributed by atoms with E-state index in [1.807, 2.05) is 0 Å². The van der Waals surface area contributed by atoms with Crippen LogP contribution in [0.1, 0.15) is 40.0 Å². The van der Waals surface area contributed by atoms with Crippen molar-refractivity contribution in [3.8, 4) is 0 Å². The molecule has 1 N–H and O–H groups in total. The minimum absolute atomic E-state index is 0.113. The van der Waals surface area contributed by atoms with Crippen LogP contribution >= 0.6 is 0 Å². The number of aliphatic hydroxyl groups is 1. The quantitative estimate of drug-likeness (QED) is 0.707. The van der Waals surface area contributed by atoms with Gasteiger partial charge < -0.3 is 5.11 Å². The molecular weight excluding hydrogens is 162 g/mol. The standard InChI is InChI=1S/C11H23NO/c1-4-10(5-2)11(13)8-12-7-6-9(12)3/h9-11,13H,4-8H2,1-3H3. The first-order valence-corrected chi connectivity index (χ1v) is 5.61. The van der Waals surface area contributed by atoms with Crippen molar-refractivity contribution in [2.45, 2.75) is 52.2 Å². The molecule has 1 rings (SSSR count). The second-order valence-corrected chi connectivity index (χ2v) is 4.28. The van der Waals surface area contributed by atoms with Crippen LogP contribution in [0.4, 0.5) is 0 Å². The number of nitrogens with zero attached hydrogens (tertiary/aromatic N) is 1. The van der Waals surface area contributed by atoms with Crippen molar-refractivity contribution < 1.29 is 5.11 Å². The number of rotatable bonds is 5. The second-order valence-electron chi connectivity index (χ2n) is 4.28. The first-order chi connectivity index (χ1) is 6.19. The predicted octanol–water partition coefficient (Wildman–Crippen LogP) is 1.88. The van der Waals surface area contributed by atoms with Gasteiger partial charge in [0.15, 0.2) is 0 Å². The monoisotopic (exact) mass is 185 g/mol. The average Bonchev–Trinajstić information content (AvgIpc) is 2.14. The topological polar surface area (TPSA) is 23.5 Å². The fourth-order valence-electron chi connectivity index (χ4n) is 2.06. The lowest BCUT2D eigenvalue weighted by molar-refractivity contribution is 0.0107. The summed E-state index contributed by atoms with van der Waals surface area (Å²) in [4.78, 5) is 2.38. The summed E-state index contributed by atoms with van der Waals surface area (Å²) in [5.41, 5.74) is 0. The molecule has 0 spiro atoms. The molecule has 1 aliphatic rings. The highest BCUT2D eigenvalue weighted by atomic mass is 16.3. The fourth-order valence-corrected chi connectivity index (χ4v) is 2.06. The van der Waals surface area contributed by atoms with Gasteiger partial charge in [0.1, 0.15) is 0 Å². The SMILES string of the molecule is CCC(CC)C(O)CN1CCC1C. The van der Waals surface area contributed by atoms with Gasteiger partial charge in [0.25, 0.3) is 0 Å². The molecule has 0 aromatic rings. The van der Waals surface area contributed by atoms with Crippen LogP contribution in [0, 0.1) is 5.92 Å². The lowest BCUT2D eigenvalue weighted by atomic mass is 9.94. The van der Waals surface area contributed by atoms with E-state index >= 15 is 0 Å². The molecule has 0 aromatic heterocycles. The largest absolute Gasteiger partial charge is 0.392 e. The van der Waals surface area contributed by atoms with Crippen molar-refractivity contribution in [3.05, 3.63) is 0 Å². The number of hydrogen-bond acceptors (Lipinski definition) is 2. The van der Waals surface area contributed by atoms with E-state index in [1.54, 1.807) is 0 Å². The van der Waals surface area contributed by atoms with Gasteiger partial charge >= 0.3 is 0 Å². The van der Waals surface area contributed by atoms with Crippen molar-refractivity contribution in [2.75, 3.05) is 13.1 Å². The number of aliphatic hydroxyl groups excluding tert-OH is 1. The van der Waals surface area contributed by atoms with Crippen LogP contribution in [0.3, 0.4) is 0 Å². The maximum atomic E-state index is 9.92. The Bertz CT molecular complexity index is 145. The van der Waals surface area contributed by atoms with Gasteiger partial charge in [-0.15, -0.1) is 0 Å². The summed E-state index contributed by atoms with van der Waals surface area (Å²) in [5, 5.41) is 9.92. The Labute approximate surface area is 81.9 Å². The van der Waals surface area contributed by atoms with Gasteiger partial charge in [-0.2, -0.15) is 0 Å². The van der Waals surface area contributed by atoms with Gasteiger partial charge in [-0.05, 0) is 25.8 Å². The van der Waals surface area contributed by atoms with Gasteiger partial charge in [0.2, 0.25) is 0 Å². The van der Waals surface area contributed by atoms with Crippen molar-refractivity contribution in [3.63, 3.8) is 0 Å². The van der Waals surface area contributed by atoms with Gasteiger partial charge in [-0.3, -0.25) is 4.90 Å². The number of β-amino-alcohol motifs (C(OH)–C–C–N with tert-alkyl or cyclic N) is 1. The highest BCUT2D eigenvalue weighted by Gasteiger charge is 2.27. The van der Waals surface area contributed by atoms with E-state index < -0.39 is 0 Å². The average molecular weight is 185 g/mol. The first kappa shape index (κ1) is 11.0. The highest BCUT2D eigenvalue weighted by molar-refractivity contribution is 4.82. The molecule has 1 heterocycles. The predicted molar refractivity (Wildman–Crippen MR) is 55.7 cm³/mol. The van der Waals surface area contributed by atoms with E-state index in [-0.39, 0.29) is 6.10 Å². The summed E-state index contributed by atoms with van der Waals surface area (Å²) in [6.07, 6.45) is 3.38. The Kier molecular flexibility index (Phi) is 4.20. The molecule has 1 saturated heterocycles. The molecule has 0 aliphatic carbocycles. The van der Waals surface area contributed by atoms with Crippen molar-refractivity contribution in [2.24, 2.45) is 5.92 Å². The van der Waals surface area contributed by atoms with E-state index in [0.29, 0.717) is 12.0 Å². The Hall–Kier alpha value is -0.0800. The normalized spacial score (nSPS) is 26.1. The van der Waals surface area contributed by atoms with E-state index in [1.165, 1.54) is 13.0 Å². The zero-order chi connectivity index (χ0) is 9.84. The van der Waals surface area contributed by atoms with Gasteiger partial charge in [-0.1, -0.05) is 26.7 Å². The minimum atomic E-state index is -0.113. The lowest BCUT2D eigenvalue weighted by Crippen LogP contribution is -2.50. The Morgan fingerprint density at radius 3 is 2.31 bits per heavy atom. The van der Waals surface area contributed by atoms with Crippen LogP contribution in [0.5, 0.6) is 0 Å². The fraction of sp³-hybridized carbons (Fsp3) is 1.00. The van der Waals surface area contributed by atoms with Gasteiger partial charge in [-0.25, -0.2) is 0 Å². The van der Waals surface area contributed by atoms with Crippen LogP contribution in [-0.2, 0) is 0 Å². The maximum Gasteiger partial charge on any atom is 0.0695 e. The van der Waals surface area contributed by atoms with Crippen LogP contribution in [0.2, 0.25) is 0 Å². The lowest BCUT2D eigenvalue weighted by Gasteiger charge is -2.41. The third kappa shape index (κ3) is 2.68. The number of likely N-dealkylation sites (tertiary alicyclic amines) is 1. The molecule has 0 radical (unpaired) electrons. The Morgan fingerprint density at radius 2 is 2.00 bits per heavy atom. The maximum absolute atomic E-state index is 9.92. The molecule has 0 amide bonds. The first-order valence-electron chi connectivity index (χ1n) is 5.61. The van der Waals surface area contributed by atoms with Gasteiger partial charge in [0, 0.05) is 12.6 Å². The molecule has 0 bridgehead atoms. The minimum Gasteiger partial charge on any atom is -0.392 e. The summed E-state index contributed by atoms with van der Waals surface area (Å²) in [6, 6.07) is 0.698. The second kappa shape index (κ2) is 4.97. The molecule has 78 valence electrons. The highest BCUT2D eigenvalue weighted by Crippen LogP contribution is 2.20. The molecule has 2 unspecified atom stereocenters. The molecule has 13 heavy (non-hydrogen) atoms. The Balaban J connectivity index is 2.26. The molecular formula is C11H23NO.